The molecule has 0 saturated carbocycles. The van der Waals surface area contributed by atoms with Gasteiger partial charge in [0.2, 0.25) is 10.0 Å². The Morgan fingerprint density at radius 3 is 2.36 bits per heavy atom. The Labute approximate surface area is 147 Å². The van der Waals surface area contributed by atoms with Crippen LogP contribution in [0, 0.1) is 13.8 Å². The average Bonchev–Trinajstić information content (AvgIpc) is 2.81. The number of rotatable bonds is 2. The van der Waals surface area contributed by atoms with Crippen LogP contribution in [0.5, 0.6) is 0 Å². The number of nitrogens with zero attached hydrogens (tertiary/aromatic N) is 4. The minimum Gasteiger partial charge on any atom is -0.337 e. The standard InChI is InChI=1S/C17H22N4O3S/c1-12-13(2)19-16-11-14(5-6-15(16)18-12)17(22)20-7-4-8-21(10-9-20)25(3,23)24/h5-6,11H,4,7-10H2,1-3H3. The molecule has 1 aromatic carbocycles. The summed E-state index contributed by atoms with van der Waals surface area (Å²) in [4.78, 5) is 23.5. The van der Waals surface area contributed by atoms with Gasteiger partial charge in [-0.05, 0) is 38.5 Å². The largest absolute Gasteiger partial charge is 0.337 e. The molecule has 2 aromatic rings. The van der Waals surface area contributed by atoms with Crippen molar-refractivity contribution in [3.05, 3.63) is 35.2 Å². The lowest BCUT2D eigenvalue weighted by Crippen LogP contribution is -2.36. The minimum atomic E-state index is -3.22. The molecule has 0 N–H and O–H groups in total. The molecule has 8 heteroatoms. The number of carbonyl (C=O) groups excluding carboxylic acids is 1. The van der Waals surface area contributed by atoms with Crippen molar-refractivity contribution in [3.8, 4) is 0 Å². The Kier molecular flexibility index (Phi) is 4.75. The van der Waals surface area contributed by atoms with Crippen molar-refractivity contribution in [2.75, 3.05) is 32.4 Å². The third kappa shape index (κ3) is 3.80. The van der Waals surface area contributed by atoms with Crippen LogP contribution < -0.4 is 0 Å². The van der Waals surface area contributed by atoms with E-state index in [2.05, 4.69) is 9.97 Å². The molecular formula is C17H22N4O3S. The van der Waals surface area contributed by atoms with E-state index in [9.17, 15) is 13.2 Å². The second kappa shape index (κ2) is 6.68. The highest BCUT2D eigenvalue weighted by atomic mass is 32.2. The van der Waals surface area contributed by atoms with E-state index in [0.29, 0.717) is 43.7 Å². The minimum absolute atomic E-state index is 0.0997. The molecule has 1 saturated heterocycles. The lowest BCUT2D eigenvalue weighted by Gasteiger charge is -2.21. The first-order valence-corrected chi connectivity index (χ1v) is 10.1. The van der Waals surface area contributed by atoms with Crippen LogP contribution in [0.3, 0.4) is 0 Å². The van der Waals surface area contributed by atoms with E-state index in [0.717, 1.165) is 16.9 Å². The third-order valence-corrected chi connectivity index (χ3v) is 5.84. The molecule has 7 nitrogen and oxygen atoms in total. The van der Waals surface area contributed by atoms with Crippen molar-refractivity contribution < 1.29 is 13.2 Å². The van der Waals surface area contributed by atoms with E-state index in [1.165, 1.54) is 10.6 Å². The molecule has 0 aliphatic carbocycles. The first-order chi connectivity index (χ1) is 11.8. The number of hydrogen-bond acceptors (Lipinski definition) is 5. The summed E-state index contributed by atoms with van der Waals surface area (Å²) >= 11 is 0. The molecule has 2 heterocycles. The Morgan fingerprint density at radius 1 is 1.00 bits per heavy atom. The number of fused-ring (bicyclic) bond motifs is 1. The van der Waals surface area contributed by atoms with Crippen molar-refractivity contribution in [2.24, 2.45) is 0 Å². The van der Waals surface area contributed by atoms with Crippen LogP contribution >= 0.6 is 0 Å². The van der Waals surface area contributed by atoms with Crippen LogP contribution in [0.25, 0.3) is 11.0 Å². The van der Waals surface area contributed by atoms with Gasteiger partial charge >= 0.3 is 0 Å². The van der Waals surface area contributed by atoms with Crippen molar-refractivity contribution >= 4 is 27.0 Å². The number of aromatic nitrogens is 2. The lowest BCUT2D eigenvalue weighted by molar-refractivity contribution is 0.0764. The SMILES string of the molecule is Cc1nc2ccc(C(=O)N3CCCN(S(C)(=O)=O)CC3)cc2nc1C. The van der Waals surface area contributed by atoms with Crippen LogP contribution in [-0.2, 0) is 10.0 Å². The Balaban J connectivity index is 1.83. The number of benzene rings is 1. The number of sulfonamides is 1. The maximum atomic E-state index is 12.8. The molecule has 0 spiro atoms. The zero-order chi connectivity index (χ0) is 18.2. The molecule has 1 aliphatic heterocycles. The average molecular weight is 362 g/mol. The van der Waals surface area contributed by atoms with E-state index in [-0.39, 0.29) is 5.91 Å². The predicted octanol–water partition coefficient (Wildman–Crippen LogP) is 1.35. The van der Waals surface area contributed by atoms with Crippen molar-refractivity contribution in [1.29, 1.82) is 0 Å². The van der Waals surface area contributed by atoms with Crippen LogP contribution in [0.4, 0.5) is 0 Å². The van der Waals surface area contributed by atoms with Gasteiger partial charge in [0, 0.05) is 31.7 Å². The summed E-state index contributed by atoms with van der Waals surface area (Å²) in [5.74, 6) is -0.0997. The molecule has 3 rings (SSSR count). The van der Waals surface area contributed by atoms with Gasteiger partial charge in [-0.25, -0.2) is 22.7 Å². The van der Waals surface area contributed by atoms with Crippen molar-refractivity contribution in [2.45, 2.75) is 20.3 Å². The Morgan fingerprint density at radius 2 is 1.68 bits per heavy atom. The highest BCUT2D eigenvalue weighted by molar-refractivity contribution is 7.88. The topological polar surface area (TPSA) is 83.5 Å². The Hall–Kier alpha value is -2.06. The normalized spacial score (nSPS) is 16.8. The smallest absolute Gasteiger partial charge is 0.253 e. The van der Waals surface area contributed by atoms with E-state index < -0.39 is 10.0 Å². The molecule has 134 valence electrons. The van der Waals surface area contributed by atoms with E-state index in [1.54, 1.807) is 17.0 Å². The van der Waals surface area contributed by atoms with E-state index in [1.807, 2.05) is 19.9 Å². The van der Waals surface area contributed by atoms with Crippen molar-refractivity contribution in [3.63, 3.8) is 0 Å². The first-order valence-electron chi connectivity index (χ1n) is 8.25. The van der Waals surface area contributed by atoms with Gasteiger partial charge in [0.25, 0.3) is 5.91 Å². The zero-order valence-corrected chi connectivity index (χ0v) is 15.5. The van der Waals surface area contributed by atoms with Gasteiger partial charge in [-0.15, -0.1) is 0 Å². The van der Waals surface area contributed by atoms with Gasteiger partial charge in [0.1, 0.15) is 0 Å². The van der Waals surface area contributed by atoms with E-state index in [4.69, 9.17) is 0 Å². The molecule has 1 aromatic heterocycles. The second-order valence-electron chi connectivity index (χ2n) is 6.41. The van der Waals surface area contributed by atoms with Gasteiger partial charge in [-0.3, -0.25) is 4.79 Å². The lowest BCUT2D eigenvalue weighted by atomic mass is 10.1. The molecule has 1 aliphatic rings. The van der Waals surface area contributed by atoms with Crippen molar-refractivity contribution in [1.82, 2.24) is 19.2 Å². The number of aryl methyl sites for hydroxylation is 2. The van der Waals surface area contributed by atoms with Gasteiger partial charge in [0.05, 0.1) is 28.7 Å². The molecular weight excluding hydrogens is 340 g/mol. The fourth-order valence-electron chi connectivity index (χ4n) is 2.97. The van der Waals surface area contributed by atoms with Crippen LogP contribution in [0.2, 0.25) is 0 Å². The summed E-state index contributed by atoms with van der Waals surface area (Å²) in [7, 11) is -3.22. The maximum Gasteiger partial charge on any atom is 0.253 e. The summed E-state index contributed by atoms with van der Waals surface area (Å²) in [5.41, 5.74) is 3.73. The summed E-state index contributed by atoms with van der Waals surface area (Å²) in [6, 6.07) is 5.33. The molecule has 0 radical (unpaired) electrons. The highest BCUT2D eigenvalue weighted by Crippen LogP contribution is 2.17. The van der Waals surface area contributed by atoms with E-state index >= 15 is 0 Å². The first kappa shape index (κ1) is 17.8. The predicted molar refractivity (Wildman–Crippen MR) is 95.9 cm³/mol. The third-order valence-electron chi connectivity index (χ3n) is 4.53. The summed E-state index contributed by atoms with van der Waals surface area (Å²) < 4.78 is 24.8. The fraction of sp³-hybridized carbons (Fsp3) is 0.471. The molecule has 25 heavy (non-hydrogen) atoms. The van der Waals surface area contributed by atoms with Gasteiger partial charge in [-0.2, -0.15) is 0 Å². The quantitative estimate of drug-likeness (QED) is 0.805. The van der Waals surface area contributed by atoms with Crippen LogP contribution in [0.15, 0.2) is 18.2 Å². The summed E-state index contributed by atoms with van der Waals surface area (Å²) in [6.45, 7) is 5.51. The Bertz CT molecular complexity index is 927. The molecule has 0 atom stereocenters. The number of amides is 1. The summed E-state index contributed by atoms with van der Waals surface area (Å²) in [6.07, 6.45) is 1.83. The van der Waals surface area contributed by atoms with Gasteiger partial charge < -0.3 is 4.90 Å². The molecule has 1 amide bonds. The summed E-state index contributed by atoms with van der Waals surface area (Å²) in [5, 5.41) is 0. The highest BCUT2D eigenvalue weighted by Gasteiger charge is 2.24. The fourth-order valence-corrected chi connectivity index (χ4v) is 3.85. The monoisotopic (exact) mass is 362 g/mol. The maximum absolute atomic E-state index is 12.8. The van der Waals surface area contributed by atoms with Crippen LogP contribution in [-0.4, -0.2) is 65.9 Å². The number of hydrogen-bond donors (Lipinski definition) is 0. The van der Waals surface area contributed by atoms with Gasteiger partial charge in [-0.1, -0.05) is 0 Å². The number of carbonyl (C=O) groups is 1. The zero-order valence-electron chi connectivity index (χ0n) is 14.7. The molecule has 0 bridgehead atoms. The second-order valence-corrected chi connectivity index (χ2v) is 8.39. The van der Waals surface area contributed by atoms with Gasteiger partial charge in [0.15, 0.2) is 0 Å². The van der Waals surface area contributed by atoms with Crippen LogP contribution in [0.1, 0.15) is 28.2 Å². The molecule has 1 fully saturated rings. The molecule has 0 unspecified atom stereocenters.